The summed E-state index contributed by atoms with van der Waals surface area (Å²) in [4.78, 5) is 18.8. The summed E-state index contributed by atoms with van der Waals surface area (Å²) in [5.41, 5.74) is 0.483. The third kappa shape index (κ3) is 5.01. The van der Waals surface area contributed by atoms with Crippen LogP contribution in [0.25, 0.3) is 0 Å². The van der Waals surface area contributed by atoms with Crippen molar-refractivity contribution in [1.82, 2.24) is 9.88 Å². The summed E-state index contributed by atoms with van der Waals surface area (Å²) in [7, 11) is 0. The molecule has 1 saturated heterocycles. The highest BCUT2D eigenvalue weighted by molar-refractivity contribution is 5.91. The average molecular weight is 319 g/mol. The number of anilines is 1. The summed E-state index contributed by atoms with van der Waals surface area (Å²) >= 11 is 0. The molecule has 1 aromatic rings. The second-order valence-corrected chi connectivity index (χ2v) is 6.69. The molecule has 2 rings (SSSR count). The van der Waals surface area contributed by atoms with Crippen LogP contribution in [-0.4, -0.2) is 46.1 Å². The van der Waals surface area contributed by atoms with E-state index in [1.807, 2.05) is 32.9 Å². The zero-order valence-electron chi connectivity index (χ0n) is 14.5. The first-order valence-electron chi connectivity index (χ1n) is 8.64. The highest BCUT2D eigenvalue weighted by atomic mass is 16.3. The SMILES string of the molecule is CCC(O)(CC)CN1CCC(C(=O)Nc2ccc(C)cn2)CC1. The molecule has 0 unspecified atom stereocenters. The second kappa shape index (κ2) is 7.88. The third-order valence-electron chi connectivity index (χ3n) is 4.96. The highest BCUT2D eigenvalue weighted by Gasteiger charge is 2.30. The number of carbonyl (C=O) groups excluding carboxylic acids is 1. The van der Waals surface area contributed by atoms with Crippen molar-refractivity contribution >= 4 is 11.7 Å². The van der Waals surface area contributed by atoms with Crippen LogP contribution in [0.1, 0.15) is 45.1 Å². The van der Waals surface area contributed by atoms with Gasteiger partial charge in [-0.1, -0.05) is 19.9 Å². The Bertz CT molecular complexity index is 504. The molecule has 5 heteroatoms. The average Bonchev–Trinajstić information content (AvgIpc) is 2.57. The number of carbonyl (C=O) groups is 1. The number of nitrogens with one attached hydrogen (secondary N) is 1. The highest BCUT2D eigenvalue weighted by Crippen LogP contribution is 2.23. The molecule has 1 aromatic heterocycles. The third-order valence-corrected chi connectivity index (χ3v) is 4.96. The zero-order valence-corrected chi connectivity index (χ0v) is 14.5. The molecule has 1 aliphatic rings. The van der Waals surface area contributed by atoms with Crippen LogP contribution < -0.4 is 5.32 Å². The monoisotopic (exact) mass is 319 g/mol. The maximum atomic E-state index is 12.3. The number of pyridine rings is 1. The maximum Gasteiger partial charge on any atom is 0.228 e. The molecule has 0 saturated carbocycles. The maximum absolute atomic E-state index is 12.3. The summed E-state index contributed by atoms with van der Waals surface area (Å²) in [6, 6.07) is 3.78. The van der Waals surface area contributed by atoms with Crippen LogP contribution in [0.4, 0.5) is 5.82 Å². The molecular formula is C18H29N3O2. The minimum Gasteiger partial charge on any atom is -0.389 e. The molecule has 1 aliphatic heterocycles. The number of rotatable bonds is 6. The Labute approximate surface area is 139 Å². The van der Waals surface area contributed by atoms with E-state index in [2.05, 4.69) is 15.2 Å². The lowest BCUT2D eigenvalue weighted by Gasteiger charge is -2.37. The predicted molar refractivity (Wildman–Crippen MR) is 92.3 cm³/mol. The normalized spacial score (nSPS) is 17.2. The number of hydrogen-bond acceptors (Lipinski definition) is 4. The fraction of sp³-hybridized carbons (Fsp3) is 0.667. The minimum atomic E-state index is -0.596. The Morgan fingerprint density at radius 2 is 2.00 bits per heavy atom. The van der Waals surface area contributed by atoms with Crippen LogP contribution in [0.5, 0.6) is 0 Å². The molecule has 2 heterocycles. The van der Waals surface area contributed by atoms with Gasteiger partial charge in [-0.2, -0.15) is 0 Å². The Morgan fingerprint density at radius 3 is 2.52 bits per heavy atom. The summed E-state index contributed by atoms with van der Waals surface area (Å²) in [5, 5.41) is 13.4. The molecule has 1 amide bonds. The fourth-order valence-corrected chi connectivity index (χ4v) is 3.01. The van der Waals surface area contributed by atoms with Gasteiger partial charge in [-0.05, 0) is 57.3 Å². The van der Waals surface area contributed by atoms with E-state index in [0.717, 1.165) is 44.3 Å². The standard InChI is InChI=1S/C18H29N3O2/c1-4-18(23,5-2)13-21-10-8-15(9-11-21)17(22)20-16-7-6-14(3)12-19-16/h6-7,12,15,23H,4-5,8-11,13H2,1-3H3,(H,19,20,22). The quantitative estimate of drug-likeness (QED) is 0.846. The van der Waals surface area contributed by atoms with Gasteiger partial charge in [-0.25, -0.2) is 4.98 Å². The van der Waals surface area contributed by atoms with Gasteiger partial charge >= 0.3 is 0 Å². The number of likely N-dealkylation sites (tertiary alicyclic amines) is 1. The number of β-amino-alcohol motifs (C(OH)–C–C–N with tert-alkyl or cyclic N) is 1. The van der Waals surface area contributed by atoms with Gasteiger partial charge in [0.25, 0.3) is 0 Å². The van der Waals surface area contributed by atoms with Crippen LogP contribution in [0.3, 0.4) is 0 Å². The molecule has 0 aromatic carbocycles. The number of aliphatic hydroxyl groups is 1. The first-order valence-corrected chi connectivity index (χ1v) is 8.64. The van der Waals surface area contributed by atoms with Crippen LogP contribution >= 0.6 is 0 Å². The van der Waals surface area contributed by atoms with Gasteiger partial charge in [0.1, 0.15) is 5.82 Å². The zero-order chi connectivity index (χ0) is 16.9. The van der Waals surface area contributed by atoms with Crippen molar-refractivity contribution in [2.75, 3.05) is 25.0 Å². The number of hydrogen-bond donors (Lipinski definition) is 2. The molecular weight excluding hydrogens is 290 g/mol. The summed E-state index contributed by atoms with van der Waals surface area (Å²) in [5.74, 6) is 0.710. The van der Waals surface area contributed by atoms with Gasteiger partial charge in [0.15, 0.2) is 0 Å². The number of aromatic nitrogens is 1. The van der Waals surface area contributed by atoms with Crippen molar-refractivity contribution < 1.29 is 9.90 Å². The van der Waals surface area contributed by atoms with Gasteiger partial charge in [0.2, 0.25) is 5.91 Å². The topological polar surface area (TPSA) is 65.5 Å². The van der Waals surface area contributed by atoms with E-state index in [-0.39, 0.29) is 11.8 Å². The van der Waals surface area contributed by atoms with E-state index in [1.165, 1.54) is 0 Å². The molecule has 128 valence electrons. The van der Waals surface area contributed by atoms with Gasteiger partial charge in [-0.3, -0.25) is 4.79 Å². The number of piperidine rings is 1. The van der Waals surface area contributed by atoms with E-state index < -0.39 is 5.60 Å². The van der Waals surface area contributed by atoms with Crippen molar-refractivity contribution in [3.63, 3.8) is 0 Å². The van der Waals surface area contributed by atoms with E-state index in [0.29, 0.717) is 12.4 Å². The molecule has 2 N–H and O–H groups in total. The molecule has 1 fully saturated rings. The predicted octanol–water partition coefficient (Wildman–Crippen LogP) is 2.59. The van der Waals surface area contributed by atoms with Crippen LogP contribution in [0.2, 0.25) is 0 Å². The van der Waals surface area contributed by atoms with Crippen molar-refractivity contribution in [1.29, 1.82) is 0 Å². The molecule has 0 aliphatic carbocycles. The number of nitrogens with zero attached hydrogens (tertiary/aromatic N) is 2. The molecule has 23 heavy (non-hydrogen) atoms. The van der Waals surface area contributed by atoms with Gasteiger partial charge in [-0.15, -0.1) is 0 Å². The van der Waals surface area contributed by atoms with Gasteiger partial charge in [0, 0.05) is 18.7 Å². The lowest BCUT2D eigenvalue weighted by molar-refractivity contribution is -0.121. The minimum absolute atomic E-state index is 0.0331. The summed E-state index contributed by atoms with van der Waals surface area (Å²) in [6.07, 6.45) is 4.96. The number of amides is 1. The lowest BCUT2D eigenvalue weighted by Crippen LogP contribution is -2.46. The van der Waals surface area contributed by atoms with Crippen molar-refractivity contribution in [3.05, 3.63) is 23.9 Å². The first-order chi connectivity index (χ1) is 11.0. The van der Waals surface area contributed by atoms with Gasteiger partial charge < -0.3 is 15.3 Å². The van der Waals surface area contributed by atoms with Crippen LogP contribution in [-0.2, 0) is 4.79 Å². The van der Waals surface area contributed by atoms with Gasteiger partial charge in [0.05, 0.1) is 5.60 Å². The van der Waals surface area contributed by atoms with Crippen molar-refractivity contribution in [3.8, 4) is 0 Å². The van der Waals surface area contributed by atoms with Crippen LogP contribution in [0, 0.1) is 12.8 Å². The largest absolute Gasteiger partial charge is 0.389 e. The Morgan fingerprint density at radius 1 is 1.35 bits per heavy atom. The second-order valence-electron chi connectivity index (χ2n) is 6.69. The van der Waals surface area contributed by atoms with E-state index in [1.54, 1.807) is 6.20 Å². The Kier molecular flexibility index (Phi) is 6.13. The fourth-order valence-electron chi connectivity index (χ4n) is 3.01. The van der Waals surface area contributed by atoms with Crippen molar-refractivity contribution in [2.24, 2.45) is 5.92 Å². The van der Waals surface area contributed by atoms with Crippen molar-refractivity contribution in [2.45, 2.75) is 52.1 Å². The van der Waals surface area contributed by atoms with E-state index >= 15 is 0 Å². The molecule has 5 nitrogen and oxygen atoms in total. The Hall–Kier alpha value is -1.46. The smallest absolute Gasteiger partial charge is 0.228 e. The molecule has 0 spiro atoms. The van der Waals surface area contributed by atoms with E-state index in [4.69, 9.17) is 0 Å². The molecule has 0 radical (unpaired) electrons. The van der Waals surface area contributed by atoms with Crippen LogP contribution in [0.15, 0.2) is 18.3 Å². The lowest BCUT2D eigenvalue weighted by atomic mass is 9.92. The number of aryl methyl sites for hydroxylation is 1. The first kappa shape index (κ1) is 17.9. The van der Waals surface area contributed by atoms with E-state index in [9.17, 15) is 9.90 Å². The summed E-state index contributed by atoms with van der Waals surface area (Å²) in [6.45, 7) is 8.45. The molecule has 0 atom stereocenters. The summed E-state index contributed by atoms with van der Waals surface area (Å²) < 4.78 is 0. The Balaban J connectivity index is 1.81. The molecule has 0 bridgehead atoms.